The van der Waals surface area contributed by atoms with Crippen LogP contribution in [0.1, 0.15) is 29.8 Å². The fraction of sp³-hybridized carbons (Fsp3) is 0.414. The molecule has 0 spiro atoms. The van der Waals surface area contributed by atoms with E-state index < -0.39 is 19.0 Å². The van der Waals surface area contributed by atoms with Gasteiger partial charge in [-0.05, 0) is 62.0 Å². The van der Waals surface area contributed by atoms with E-state index in [1.807, 2.05) is 13.0 Å². The number of rotatable bonds is 11. The highest BCUT2D eigenvalue weighted by Crippen LogP contribution is 2.47. The molecule has 2 aliphatic rings. The summed E-state index contributed by atoms with van der Waals surface area (Å²) in [6, 6.07) is 8.92. The van der Waals surface area contributed by atoms with Gasteiger partial charge in [0.2, 0.25) is 13.1 Å². The number of carbonyl (C=O) groups is 1. The van der Waals surface area contributed by atoms with E-state index in [9.17, 15) is 9.90 Å². The molecule has 12 heteroatoms. The van der Waals surface area contributed by atoms with Crippen molar-refractivity contribution < 1.29 is 52.0 Å². The monoisotopic (exact) mass is 588 g/mol. The summed E-state index contributed by atoms with van der Waals surface area (Å²) in [7, 11) is 3.04. The van der Waals surface area contributed by atoms with Gasteiger partial charge in [-0.15, -0.1) is 0 Å². The minimum atomic E-state index is -1.13. The number of thiol groups is 1. The highest BCUT2D eigenvalue weighted by molar-refractivity contribution is 7.75. The lowest BCUT2D eigenvalue weighted by Gasteiger charge is -2.35. The molecule has 3 aromatic carbocycles. The third-order valence-corrected chi connectivity index (χ3v) is 7.17. The molecule has 1 saturated heterocycles. The van der Waals surface area contributed by atoms with Crippen molar-refractivity contribution in [3.8, 4) is 39.9 Å². The Kier molecular flexibility index (Phi) is 9.07. The molecule has 3 aromatic rings. The van der Waals surface area contributed by atoms with Crippen molar-refractivity contribution >= 4 is 30.0 Å². The van der Waals surface area contributed by atoms with Crippen molar-refractivity contribution in [2.45, 2.75) is 45.2 Å². The van der Waals surface area contributed by atoms with Gasteiger partial charge in [-0.25, -0.2) is 0 Å². The Morgan fingerprint density at radius 1 is 1.07 bits per heavy atom. The maximum atomic E-state index is 12.8. The first kappa shape index (κ1) is 29.2. The second-order valence-electron chi connectivity index (χ2n) is 9.46. The molecule has 1 fully saturated rings. The van der Waals surface area contributed by atoms with Gasteiger partial charge in [-0.2, -0.15) is 0 Å². The van der Waals surface area contributed by atoms with Gasteiger partial charge in [0.15, 0.2) is 35.6 Å². The lowest BCUT2D eigenvalue weighted by molar-refractivity contribution is -0.275. The molecule has 0 aliphatic carbocycles. The van der Waals surface area contributed by atoms with Gasteiger partial charge in [-0.1, -0.05) is 6.07 Å². The van der Waals surface area contributed by atoms with Crippen LogP contribution in [0.25, 0.3) is 21.9 Å². The van der Waals surface area contributed by atoms with E-state index in [0.29, 0.717) is 50.5 Å². The zero-order valence-electron chi connectivity index (χ0n) is 23.1. The molecule has 0 amide bonds. The number of methoxy groups -OCH3 is 2. The van der Waals surface area contributed by atoms with E-state index >= 15 is 0 Å². The zero-order chi connectivity index (χ0) is 29.1. The Labute approximate surface area is 242 Å². The maximum Gasteiger partial charge on any atom is 0.231 e. The van der Waals surface area contributed by atoms with Gasteiger partial charge in [0.05, 0.1) is 33.5 Å². The van der Waals surface area contributed by atoms with E-state index in [1.165, 1.54) is 14.2 Å². The highest BCUT2D eigenvalue weighted by atomic mass is 32.1. The summed E-state index contributed by atoms with van der Waals surface area (Å²) in [5.74, 6) is 2.27. The predicted molar refractivity (Wildman–Crippen MR) is 150 cm³/mol. The van der Waals surface area contributed by atoms with Gasteiger partial charge in [0.1, 0.15) is 18.5 Å². The van der Waals surface area contributed by atoms with Gasteiger partial charge < -0.3 is 47.2 Å². The number of carbonyl (C=O) groups excluding carboxylic acids is 1. The van der Waals surface area contributed by atoms with Gasteiger partial charge in [0.25, 0.3) is 0 Å². The molecule has 4 unspecified atom stereocenters. The van der Waals surface area contributed by atoms with Crippen molar-refractivity contribution in [3.05, 3.63) is 41.5 Å². The molecule has 4 atom stereocenters. The van der Waals surface area contributed by atoms with Crippen LogP contribution in [-0.2, 0) is 25.0 Å². The molecule has 11 nitrogen and oxygen atoms in total. The molecule has 0 aromatic heterocycles. The summed E-state index contributed by atoms with van der Waals surface area (Å²) in [5, 5.41) is 11.4. The Morgan fingerprint density at radius 2 is 1.80 bits per heavy atom. The van der Waals surface area contributed by atoms with E-state index in [1.54, 1.807) is 31.2 Å². The second-order valence-corrected chi connectivity index (χ2v) is 9.71. The average molecular weight is 589 g/mol. The first-order valence-corrected chi connectivity index (χ1v) is 13.3. The van der Waals surface area contributed by atoms with E-state index in [0.717, 1.165) is 6.29 Å². The Hall–Kier alpha value is -3.26. The quantitative estimate of drug-likeness (QED) is 0.144. The van der Waals surface area contributed by atoms with Crippen molar-refractivity contribution in [1.82, 2.24) is 0 Å². The number of hydrogen-bond acceptors (Lipinski definition) is 12. The summed E-state index contributed by atoms with van der Waals surface area (Å²) in [5.41, 5.74) is 1.95. The molecule has 2 heterocycles. The number of ether oxygens (including phenoxy) is 8. The van der Waals surface area contributed by atoms with Crippen LogP contribution >= 0.6 is 12.9 Å². The van der Waals surface area contributed by atoms with E-state index in [2.05, 4.69) is 12.9 Å². The number of benzene rings is 3. The number of aliphatic hydroxyl groups excluding tert-OH is 1. The standard InChI is InChI=1S/C29H32O11S/c1-15-26(13-34-16(2)38-15)39-27(11-31)40-29-19-9-24(33-4)23(32-3)8-18(19)28(20(10-30)21(29)12-37-41)17-5-6-22-25(7-17)36-14-35-22/h5-10,15-16,26-27,31,41H,11-14H2,1-4H3. The highest BCUT2D eigenvalue weighted by Gasteiger charge is 2.32. The molecule has 220 valence electrons. The normalized spacial score (nSPS) is 20.6. The fourth-order valence-electron chi connectivity index (χ4n) is 5.07. The van der Waals surface area contributed by atoms with Crippen LogP contribution in [-0.4, -0.2) is 70.4 Å². The van der Waals surface area contributed by atoms with Crippen molar-refractivity contribution in [1.29, 1.82) is 0 Å². The number of hydrogen-bond donors (Lipinski definition) is 2. The van der Waals surface area contributed by atoms with Crippen LogP contribution in [0.15, 0.2) is 30.3 Å². The van der Waals surface area contributed by atoms with Crippen LogP contribution < -0.4 is 23.7 Å². The zero-order valence-corrected chi connectivity index (χ0v) is 24.0. The lowest BCUT2D eigenvalue weighted by Crippen LogP contribution is -2.46. The molecule has 5 rings (SSSR count). The van der Waals surface area contributed by atoms with Crippen molar-refractivity contribution in [2.24, 2.45) is 0 Å². The van der Waals surface area contributed by atoms with Crippen LogP contribution in [0.2, 0.25) is 0 Å². The number of aldehydes is 1. The minimum Gasteiger partial charge on any atom is -0.493 e. The first-order chi connectivity index (χ1) is 19.9. The molecule has 2 aliphatic heterocycles. The first-order valence-electron chi connectivity index (χ1n) is 13.0. The summed E-state index contributed by atoms with van der Waals surface area (Å²) in [6.07, 6.45) is -1.59. The summed E-state index contributed by atoms with van der Waals surface area (Å²) >= 11 is 3.98. The SMILES string of the molecule is COc1cc2c(OC(CO)OC3COC(C)OC3C)c(COS)c(C=O)c(-c3ccc4c(c3)OCO4)c2cc1OC. The molecule has 0 radical (unpaired) electrons. The van der Waals surface area contributed by atoms with E-state index in [-0.39, 0.29) is 43.7 Å². The minimum absolute atomic E-state index is 0.101. The van der Waals surface area contributed by atoms with Crippen molar-refractivity contribution in [2.75, 3.05) is 34.2 Å². The van der Waals surface area contributed by atoms with Crippen LogP contribution in [0.4, 0.5) is 0 Å². The molecular formula is C29H32O11S. The smallest absolute Gasteiger partial charge is 0.231 e. The number of aliphatic hydroxyl groups is 1. The molecule has 0 saturated carbocycles. The molecule has 41 heavy (non-hydrogen) atoms. The molecular weight excluding hydrogens is 556 g/mol. The summed E-state index contributed by atoms with van der Waals surface area (Å²) in [4.78, 5) is 12.8. The third kappa shape index (κ3) is 5.76. The average Bonchev–Trinajstić information content (AvgIpc) is 3.46. The summed E-state index contributed by atoms with van der Waals surface area (Å²) < 4.78 is 51.2. The van der Waals surface area contributed by atoms with Gasteiger partial charge in [-0.3, -0.25) is 4.79 Å². The van der Waals surface area contributed by atoms with Crippen LogP contribution in [0, 0.1) is 0 Å². The summed E-state index contributed by atoms with van der Waals surface area (Å²) in [6.45, 7) is 3.42. The fourth-order valence-corrected chi connectivity index (χ4v) is 5.20. The van der Waals surface area contributed by atoms with Crippen LogP contribution in [0.3, 0.4) is 0 Å². The Bertz CT molecular complexity index is 1410. The number of fused-ring (bicyclic) bond motifs is 2. The largest absolute Gasteiger partial charge is 0.493 e. The lowest BCUT2D eigenvalue weighted by atomic mass is 9.89. The molecule has 0 bridgehead atoms. The van der Waals surface area contributed by atoms with Gasteiger partial charge >= 0.3 is 0 Å². The topological polar surface area (TPSA) is 120 Å². The Morgan fingerprint density at radius 3 is 2.46 bits per heavy atom. The maximum absolute atomic E-state index is 12.8. The van der Waals surface area contributed by atoms with Gasteiger partial charge in [0, 0.05) is 22.1 Å². The Balaban J connectivity index is 1.70. The van der Waals surface area contributed by atoms with Crippen LogP contribution in [0.5, 0.6) is 28.7 Å². The second kappa shape index (κ2) is 12.7. The predicted octanol–water partition coefficient (Wildman–Crippen LogP) is 4.29. The van der Waals surface area contributed by atoms with E-state index in [4.69, 9.17) is 42.1 Å². The third-order valence-electron chi connectivity index (χ3n) is 7.04. The molecule has 1 N–H and O–H groups in total. The van der Waals surface area contributed by atoms with Crippen molar-refractivity contribution in [3.63, 3.8) is 0 Å².